The third-order valence-corrected chi connectivity index (χ3v) is 3.59. The first-order chi connectivity index (χ1) is 7.68. The van der Waals surface area contributed by atoms with Gasteiger partial charge in [-0.05, 0) is 36.1 Å². The van der Waals surface area contributed by atoms with Crippen molar-refractivity contribution in [3.8, 4) is 0 Å². The summed E-state index contributed by atoms with van der Waals surface area (Å²) in [5.41, 5.74) is 6.70. The van der Waals surface area contributed by atoms with Gasteiger partial charge in [0.1, 0.15) is 0 Å². The van der Waals surface area contributed by atoms with Crippen LogP contribution in [0.25, 0.3) is 0 Å². The minimum Gasteiger partial charge on any atom is -0.399 e. The van der Waals surface area contributed by atoms with Gasteiger partial charge in [0.15, 0.2) is 0 Å². The summed E-state index contributed by atoms with van der Waals surface area (Å²) in [6.45, 7) is 6.06. The summed E-state index contributed by atoms with van der Waals surface area (Å²) in [6.07, 6.45) is 0.622. The maximum atomic E-state index is 11.8. The highest BCUT2D eigenvalue weighted by atomic mass is 32.2. The first-order valence-corrected chi connectivity index (χ1v) is 7.19. The van der Waals surface area contributed by atoms with Gasteiger partial charge in [0.2, 0.25) is 10.0 Å². The molecule has 5 heteroatoms. The van der Waals surface area contributed by atoms with Crippen LogP contribution in [0.4, 0.5) is 11.4 Å². The van der Waals surface area contributed by atoms with E-state index in [9.17, 15) is 8.42 Å². The lowest BCUT2D eigenvalue weighted by molar-refractivity contribution is 0.397. The molecule has 0 spiro atoms. The van der Waals surface area contributed by atoms with Crippen LogP contribution in [0.2, 0.25) is 0 Å². The van der Waals surface area contributed by atoms with Crippen LogP contribution in [0.3, 0.4) is 0 Å². The second-order valence-corrected chi connectivity index (χ2v) is 7.20. The number of nitrogens with two attached hydrogens (primary N) is 1. The molecule has 0 fully saturated rings. The Bertz CT molecular complexity index is 458. The fraction of sp³-hybridized carbons (Fsp3) is 0.500. The van der Waals surface area contributed by atoms with Gasteiger partial charge in [-0.1, -0.05) is 20.8 Å². The van der Waals surface area contributed by atoms with Gasteiger partial charge in [-0.2, -0.15) is 0 Å². The lowest BCUT2D eigenvalue weighted by Gasteiger charge is -2.18. The molecule has 0 aliphatic carbocycles. The lowest BCUT2D eigenvalue weighted by Crippen LogP contribution is -2.20. The summed E-state index contributed by atoms with van der Waals surface area (Å²) in [7, 11) is -3.27. The molecule has 17 heavy (non-hydrogen) atoms. The van der Waals surface area contributed by atoms with Crippen molar-refractivity contribution in [3.05, 3.63) is 24.3 Å². The minimum atomic E-state index is -3.27. The molecule has 0 radical (unpaired) electrons. The van der Waals surface area contributed by atoms with Crippen LogP contribution in [0.15, 0.2) is 24.3 Å². The van der Waals surface area contributed by atoms with Crippen molar-refractivity contribution in [1.82, 2.24) is 0 Å². The highest BCUT2D eigenvalue weighted by Gasteiger charge is 2.17. The second kappa shape index (κ2) is 4.96. The molecular weight excluding hydrogens is 236 g/mol. The molecule has 0 amide bonds. The van der Waals surface area contributed by atoms with E-state index in [0.717, 1.165) is 0 Å². The van der Waals surface area contributed by atoms with Crippen molar-refractivity contribution in [1.29, 1.82) is 0 Å². The Kier molecular flexibility index (Phi) is 4.03. The topological polar surface area (TPSA) is 72.2 Å². The van der Waals surface area contributed by atoms with Crippen LogP contribution in [-0.2, 0) is 10.0 Å². The van der Waals surface area contributed by atoms with Gasteiger partial charge >= 0.3 is 0 Å². The van der Waals surface area contributed by atoms with Gasteiger partial charge in [0.25, 0.3) is 0 Å². The van der Waals surface area contributed by atoms with Gasteiger partial charge in [-0.25, -0.2) is 8.42 Å². The fourth-order valence-corrected chi connectivity index (χ4v) is 2.70. The first kappa shape index (κ1) is 13.8. The number of anilines is 2. The Labute approximate surface area is 103 Å². The Morgan fingerprint density at radius 2 is 1.71 bits per heavy atom. The largest absolute Gasteiger partial charge is 0.399 e. The predicted octanol–water partition coefficient (Wildman–Crippen LogP) is 2.45. The van der Waals surface area contributed by atoms with Crippen LogP contribution in [0, 0.1) is 5.41 Å². The summed E-state index contributed by atoms with van der Waals surface area (Å²) in [4.78, 5) is 0. The van der Waals surface area contributed by atoms with Crippen molar-refractivity contribution in [2.24, 2.45) is 5.41 Å². The normalized spacial score (nSPS) is 12.4. The van der Waals surface area contributed by atoms with Crippen molar-refractivity contribution in [2.45, 2.75) is 27.2 Å². The lowest BCUT2D eigenvalue weighted by atomic mass is 9.94. The summed E-state index contributed by atoms with van der Waals surface area (Å²) < 4.78 is 26.1. The SMILES string of the molecule is CC(C)(C)CCS(=O)(=O)Nc1ccc(N)cc1. The molecule has 0 unspecified atom stereocenters. The van der Waals surface area contributed by atoms with E-state index >= 15 is 0 Å². The predicted molar refractivity (Wildman–Crippen MR) is 72.3 cm³/mol. The van der Waals surface area contributed by atoms with Crippen LogP contribution in [0.1, 0.15) is 27.2 Å². The molecule has 4 nitrogen and oxygen atoms in total. The van der Waals surface area contributed by atoms with Gasteiger partial charge in [0, 0.05) is 11.4 Å². The first-order valence-electron chi connectivity index (χ1n) is 5.54. The molecule has 96 valence electrons. The highest BCUT2D eigenvalue weighted by Crippen LogP contribution is 2.20. The van der Waals surface area contributed by atoms with E-state index in [1.165, 1.54) is 0 Å². The zero-order chi connectivity index (χ0) is 13.1. The van der Waals surface area contributed by atoms with Crippen molar-refractivity contribution >= 4 is 21.4 Å². The molecular formula is C12H20N2O2S. The maximum absolute atomic E-state index is 11.8. The van der Waals surface area contributed by atoms with E-state index in [0.29, 0.717) is 17.8 Å². The quantitative estimate of drug-likeness (QED) is 0.813. The number of rotatable bonds is 4. The van der Waals surface area contributed by atoms with Gasteiger partial charge in [-0.15, -0.1) is 0 Å². The Morgan fingerprint density at radius 1 is 1.18 bits per heavy atom. The van der Waals surface area contributed by atoms with E-state index in [1.54, 1.807) is 24.3 Å². The molecule has 0 aromatic heterocycles. The standard InChI is InChI=1S/C12H20N2O2S/c1-12(2,3)8-9-17(15,16)14-11-6-4-10(13)5-7-11/h4-7,14H,8-9,13H2,1-3H3. The summed E-state index contributed by atoms with van der Waals surface area (Å²) >= 11 is 0. The molecule has 1 aromatic rings. The number of nitrogens with one attached hydrogen (secondary N) is 1. The highest BCUT2D eigenvalue weighted by molar-refractivity contribution is 7.92. The Hall–Kier alpha value is -1.23. The van der Waals surface area contributed by atoms with E-state index in [4.69, 9.17) is 5.73 Å². The molecule has 0 aliphatic heterocycles. The summed E-state index contributed by atoms with van der Waals surface area (Å²) in [5.74, 6) is 0.126. The number of benzene rings is 1. The number of nitrogen functional groups attached to an aromatic ring is 1. The van der Waals surface area contributed by atoms with E-state index in [-0.39, 0.29) is 11.2 Å². The van der Waals surface area contributed by atoms with Crippen molar-refractivity contribution in [3.63, 3.8) is 0 Å². The number of hydrogen-bond donors (Lipinski definition) is 2. The second-order valence-electron chi connectivity index (χ2n) is 5.35. The van der Waals surface area contributed by atoms with Crippen LogP contribution >= 0.6 is 0 Å². The number of hydrogen-bond acceptors (Lipinski definition) is 3. The average Bonchev–Trinajstić information content (AvgIpc) is 2.18. The molecule has 0 atom stereocenters. The fourth-order valence-electron chi connectivity index (χ4n) is 1.22. The maximum Gasteiger partial charge on any atom is 0.232 e. The molecule has 1 rings (SSSR count). The minimum absolute atomic E-state index is 0.00979. The molecule has 0 aliphatic rings. The van der Waals surface area contributed by atoms with E-state index in [1.807, 2.05) is 20.8 Å². The van der Waals surface area contributed by atoms with Gasteiger partial charge in [0.05, 0.1) is 5.75 Å². The van der Waals surface area contributed by atoms with Crippen LogP contribution in [0.5, 0.6) is 0 Å². The third kappa shape index (κ3) is 5.58. The average molecular weight is 256 g/mol. The zero-order valence-corrected chi connectivity index (χ0v) is 11.3. The monoisotopic (exact) mass is 256 g/mol. The van der Waals surface area contributed by atoms with E-state index in [2.05, 4.69) is 4.72 Å². The molecule has 1 aromatic carbocycles. The molecule has 0 bridgehead atoms. The molecule has 0 saturated carbocycles. The van der Waals surface area contributed by atoms with Gasteiger partial charge in [-0.3, -0.25) is 4.72 Å². The molecule has 0 heterocycles. The Morgan fingerprint density at radius 3 is 2.18 bits per heavy atom. The zero-order valence-electron chi connectivity index (χ0n) is 10.5. The van der Waals surface area contributed by atoms with Crippen molar-refractivity contribution < 1.29 is 8.42 Å². The summed E-state index contributed by atoms with van der Waals surface area (Å²) in [6, 6.07) is 6.65. The van der Waals surface area contributed by atoms with E-state index < -0.39 is 10.0 Å². The van der Waals surface area contributed by atoms with Crippen LogP contribution in [-0.4, -0.2) is 14.2 Å². The smallest absolute Gasteiger partial charge is 0.232 e. The third-order valence-electron chi connectivity index (χ3n) is 2.30. The number of sulfonamides is 1. The molecule has 3 N–H and O–H groups in total. The molecule has 0 saturated heterocycles. The van der Waals surface area contributed by atoms with Crippen LogP contribution < -0.4 is 10.5 Å². The summed E-state index contributed by atoms with van der Waals surface area (Å²) in [5, 5.41) is 0. The van der Waals surface area contributed by atoms with Crippen molar-refractivity contribution in [2.75, 3.05) is 16.2 Å². The Balaban J connectivity index is 2.64. The van der Waals surface area contributed by atoms with Gasteiger partial charge < -0.3 is 5.73 Å².